The molecule has 0 unspecified atom stereocenters. The topological polar surface area (TPSA) is 138 Å². The van der Waals surface area contributed by atoms with Crippen LogP contribution < -0.4 is 5.73 Å². The van der Waals surface area contributed by atoms with Crippen molar-refractivity contribution in [3.63, 3.8) is 0 Å². The van der Waals surface area contributed by atoms with E-state index in [2.05, 4.69) is 0 Å². The van der Waals surface area contributed by atoms with Crippen molar-refractivity contribution in [3.05, 3.63) is 0 Å². The van der Waals surface area contributed by atoms with E-state index in [1.165, 1.54) is 0 Å². The van der Waals surface area contributed by atoms with Crippen molar-refractivity contribution in [1.29, 1.82) is 0 Å². The molecule has 0 saturated heterocycles. The summed E-state index contributed by atoms with van der Waals surface area (Å²) in [6.45, 7) is -1.04. The van der Waals surface area contributed by atoms with E-state index in [-0.39, 0.29) is 0 Å². The fourth-order valence-electron chi connectivity index (χ4n) is 0.481. The number of carboxylic acid groups (broad SMARTS) is 1. The summed E-state index contributed by atoms with van der Waals surface area (Å²) in [5.74, 6) is -1.90. The van der Waals surface area contributed by atoms with E-state index >= 15 is 0 Å². The molecular weight excluding hydrogens is 189 g/mol. The first-order valence-corrected chi connectivity index (χ1v) is 4.00. The molecule has 0 aromatic rings. The largest absolute Gasteiger partial charge is 0.479 e. The molecule has 0 saturated carbocycles. The molecule has 0 aromatic heterocycles. The fraction of sp³-hybridized carbons (Fsp3) is 0.750. The van der Waals surface area contributed by atoms with Crippen molar-refractivity contribution in [3.8, 4) is 0 Å². The molecule has 0 aliphatic carbocycles. The summed E-state index contributed by atoms with van der Waals surface area (Å²) in [4.78, 5) is 10.3. The zero-order valence-electron chi connectivity index (χ0n) is 5.88. The van der Waals surface area contributed by atoms with Gasteiger partial charge in [0.15, 0.2) is 0 Å². The maximum atomic E-state index is 10.3. The van der Waals surface area contributed by atoms with Gasteiger partial charge in [0.1, 0.15) is 6.10 Å². The molecule has 12 heavy (non-hydrogen) atoms. The van der Waals surface area contributed by atoms with Crippen LogP contribution in [0.3, 0.4) is 0 Å². The van der Waals surface area contributed by atoms with Crippen LogP contribution in [-0.2, 0) is 13.9 Å². The Balaban J connectivity index is 5.00. The van der Waals surface area contributed by atoms with Gasteiger partial charge in [-0.3, -0.25) is 0 Å². The average molecular weight is 197 g/mol. The molecule has 5 N–H and O–H groups in total. The van der Waals surface area contributed by atoms with E-state index in [1.807, 2.05) is 0 Å². The predicted molar refractivity (Wildman–Crippen MR) is 35.9 cm³/mol. The van der Waals surface area contributed by atoms with Crippen molar-refractivity contribution in [2.45, 2.75) is 11.4 Å². The summed E-state index contributed by atoms with van der Waals surface area (Å²) in [5.41, 5.74) is 4.83. The number of carbonyl (C=O) groups is 1. The van der Waals surface area contributed by atoms with Crippen molar-refractivity contribution in [2.24, 2.45) is 5.73 Å². The third-order valence-corrected chi connectivity index (χ3v) is 2.42. The van der Waals surface area contributed by atoms with Gasteiger partial charge in [-0.05, 0) is 0 Å². The molecule has 0 aromatic carbocycles. The monoisotopic (exact) mass is 197 g/mol. The minimum atomic E-state index is -3.56. The SMILES string of the molecule is N[C@](C(=O)O)([C@H](O)CO)P(=O)=O. The second-order valence-corrected chi connectivity index (χ2v) is 3.34. The Bertz CT molecular complexity index is 242. The van der Waals surface area contributed by atoms with Crippen molar-refractivity contribution in [2.75, 3.05) is 6.61 Å². The van der Waals surface area contributed by atoms with Crippen LogP contribution in [0.2, 0.25) is 0 Å². The van der Waals surface area contributed by atoms with E-state index in [9.17, 15) is 13.9 Å². The second kappa shape index (κ2) is 3.77. The van der Waals surface area contributed by atoms with Gasteiger partial charge in [-0.15, -0.1) is 0 Å². The Morgan fingerprint density at radius 3 is 2.08 bits per heavy atom. The van der Waals surface area contributed by atoms with Crippen LogP contribution in [0.25, 0.3) is 0 Å². The Morgan fingerprint density at radius 1 is 1.58 bits per heavy atom. The Morgan fingerprint density at radius 2 is 2.00 bits per heavy atom. The van der Waals surface area contributed by atoms with E-state index in [0.29, 0.717) is 0 Å². The number of hydrogen-bond donors (Lipinski definition) is 4. The zero-order valence-corrected chi connectivity index (χ0v) is 6.77. The summed E-state index contributed by atoms with van der Waals surface area (Å²) in [6, 6.07) is 0. The molecule has 0 bridgehead atoms. The van der Waals surface area contributed by atoms with Gasteiger partial charge in [-0.2, -0.15) is 0 Å². The summed E-state index contributed by atoms with van der Waals surface area (Å²) in [7, 11) is -3.56. The molecular formula is C4H8NO6P. The highest BCUT2D eigenvalue weighted by atomic mass is 31.1. The minimum absolute atomic E-state index is 1.04. The fourth-order valence-corrected chi connectivity index (χ4v) is 0.963. The Labute approximate surface area is 67.6 Å². The van der Waals surface area contributed by atoms with Crippen LogP contribution in [0.5, 0.6) is 0 Å². The van der Waals surface area contributed by atoms with E-state index in [1.54, 1.807) is 0 Å². The highest BCUT2D eigenvalue weighted by Crippen LogP contribution is 2.27. The van der Waals surface area contributed by atoms with Crippen LogP contribution in [0.1, 0.15) is 0 Å². The maximum Gasteiger partial charge on any atom is 0.350 e. The number of nitrogens with two attached hydrogens (primary N) is 1. The van der Waals surface area contributed by atoms with Gasteiger partial charge in [0, 0.05) is 0 Å². The molecule has 8 heteroatoms. The van der Waals surface area contributed by atoms with Gasteiger partial charge in [0.05, 0.1) is 6.61 Å². The van der Waals surface area contributed by atoms with Gasteiger partial charge in [0.25, 0.3) is 5.28 Å². The highest BCUT2D eigenvalue weighted by Gasteiger charge is 2.47. The first kappa shape index (κ1) is 11.2. The summed E-state index contributed by atoms with van der Waals surface area (Å²) in [5, 5.41) is 22.6. The quantitative estimate of drug-likeness (QED) is 0.392. The normalized spacial score (nSPS) is 17.9. The lowest BCUT2D eigenvalue weighted by molar-refractivity contribution is -0.144. The van der Waals surface area contributed by atoms with Gasteiger partial charge >= 0.3 is 13.6 Å². The predicted octanol–water partition coefficient (Wildman–Crippen LogP) is -1.75. The standard InChI is InChI=1S/C4H8NO6P/c5-4(3(8)9,12(10)11)2(7)1-6/h2,6-7H,1,5H2,(H,8,9)/t2-,4-/m1/s1. The number of rotatable bonds is 4. The second-order valence-electron chi connectivity index (χ2n) is 2.09. The van der Waals surface area contributed by atoms with E-state index < -0.39 is 31.6 Å². The Hall–Kier alpha value is -0.750. The van der Waals surface area contributed by atoms with Crippen molar-refractivity contribution < 1.29 is 29.2 Å². The maximum absolute atomic E-state index is 10.3. The molecule has 0 fully saturated rings. The van der Waals surface area contributed by atoms with Crippen LogP contribution >= 0.6 is 7.68 Å². The third kappa shape index (κ3) is 1.70. The van der Waals surface area contributed by atoms with Crippen LogP contribution in [0.4, 0.5) is 0 Å². The van der Waals surface area contributed by atoms with Crippen LogP contribution in [0.15, 0.2) is 0 Å². The molecule has 0 aliphatic heterocycles. The number of carboxylic acids is 1. The van der Waals surface area contributed by atoms with Gasteiger partial charge < -0.3 is 21.1 Å². The lowest BCUT2D eigenvalue weighted by Crippen LogP contribution is -2.54. The first-order valence-electron chi connectivity index (χ1n) is 2.83. The van der Waals surface area contributed by atoms with E-state index in [0.717, 1.165) is 0 Å². The summed E-state index contributed by atoms with van der Waals surface area (Å²) < 4.78 is 20.6. The van der Waals surface area contributed by atoms with Gasteiger partial charge in [0.2, 0.25) is 0 Å². The van der Waals surface area contributed by atoms with E-state index in [4.69, 9.17) is 21.1 Å². The number of aliphatic hydroxyl groups excluding tert-OH is 2. The summed E-state index contributed by atoms with van der Waals surface area (Å²) >= 11 is 0. The van der Waals surface area contributed by atoms with Crippen LogP contribution in [-0.4, -0.2) is 39.3 Å². The molecule has 0 radical (unpaired) electrons. The third-order valence-electron chi connectivity index (χ3n) is 1.33. The lowest BCUT2D eigenvalue weighted by atomic mass is 10.2. The molecule has 0 rings (SSSR count). The van der Waals surface area contributed by atoms with Crippen LogP contribution in [0, 0.1) is 0 Å². The van der Waals surface area contributed by atoms with Crippen molar-refractivity contribution >= 4 is 13.6 Å². The van der Waals surface area contributed by atoms with Crippen molar-refractivity contribution in [1.82, 2.24) is 0 Å². The van der Waals surface area contributed by atoms with Gasteiger partial charge in [-0.25, -0.2) is 13.9 Å². The molecule has 0 spiro atoms. The average Bonchev–Trinajstić information content (AvgIpc) is 2.00. The summed E-state index contributed by atoms with van der Waals surface area (Å²) in [6.07, 6.45) is -2.03. The number of aliphatic hydroxyl groups is 2. The first-order chi connectivity index (χ1) is 5.37. The number of aliphatic carboxylic acids is 1. The number of hydrogen-bond acceptors (Lipinski definition) is 6. The molecule has 2 atom stereocenters. The smallest absolute Gasteiger partial charge is 0.350 e. The molecule has 0 heterocycles. The van der Waals surface area contributed by atoms with Gasteiger partial charge in [-0.1, -0.05) is 0 Å². The highest BCUT2D eigenvalue weighted by molar-refractivity contribution is 7.34. The minimum Gasteiger partial charge on any atom is -0.479 e. The molecule has 0 amide bonds. The Kier molecular flexibility index (Phi) is 3.54. The lowest BCUT2D eigenvalue weighted by Gasteiger charge is -2.20. The molecule has 0 aliphatic rings. The molecule has 7 nitrogen and oxygen atoms in total. The molecule has 70 valence electrons. The zero-order chi connectivity index (χ0) is 9.94.